The van der Waals surface area contributed by atoms with Crippen LogP contribution in [0.25, 0.3) is 0 Å². The van der Waals surface area contributed by atoms with E-state index in [1.165, 1.54) is 12.1 Å². The summed E-state index contributed by atoms with van der Waals surface area (Å²) >= 11 is 0. The molecule has 0 saturated heterocycles. The number of allylic oxidation sites excluding steroid dienone is 1. The summed E-state index contributed by atoms with van der Waals surface area (Å²) in [6.45, 7) is 2.32. The minimum atomic E-state index is -4.56. The number of nitrogens with two attached hydrogens (primary N) is 1. The van der Waals surface area contributed by atoms with E-state index in [9.17, 15) is 22.8 Å². The number of aliphatic hydroxyl groups is 1. The van der Waals surface area contributed by atoms with E-state index >= 15 is 0 Å². The molecule has 1 aliphatic heterocycles. The van der Waals surface area contributed by atoms with Gasteiger partial charge in [-0.3, -0.25) is 9.59 Å². The first-order valence-electron chi connectivity index (χ1n) is 9.23. The second kappa shape index (κ2) is 10.2. The number of halogens is 3. The lowest BCUT2D eigenvalue weighted by Crippen LogP contribution is -2.92. The number of alkyl halides is 3. The number of carbonyl (C=O) groups excluding carboxylic acids is 2. The highest BCUT2D eigenvalue weighted by molar-refractivity contribution is 5.93. The van der Waals surface area contributed by atoms with Crippen LogP contribution < -0.4 is 26.6 Å². The summed E-state index contributed by atoms with van der Waals surface area (Å²) in [5.41, 5.74) is 6.73. The van der Waals surface area contributed by atoms with Gasteiger partial charge < -0.3 is 15.7 Å². The highest BCUT2D eigenvalue weighted by Gasteiger charge is 2.32. The molecule has 6 N–H and O–H groups in total. The molecule has 0 atom stereocenters. The summed E-state index contributed by atoms with van der Waals surface area (Å²) in [5, 5.41) is 15.5. The average Bonchev–Trinajstić information content (AvgIpc) is 3.05. The van der Waals surface area contributed by atoms with E-state index < -0.39 is 18.5 Å². The highest BCUT2D eigenvalue weighted by Crippen LogP contribution is 2.25. The lowest BCUT2D eigenvalue weighted by Gasteiger charge is -2.18. The second-order valence-electron chi connectivity index (χ2n) is 6.44. The molecule has 0 unspecified atom stereocenters. The number of hydrazine groups is 1. The van der Waals surface area contributed by atoms with E-state index in [4.69, 9.17) is 5.11 Å². The maximum Gasteiger partial charge on any atom is 0.397 e. The number of rotatable bonds is 9. The predicted molar refractivity (Wildman–Crippen MR) is 99.9 cm³/mol. The van der Waals surface area contributed by atoms with Crippen molar-refractivity contribution in [3.05, 3.63) is 35.7 Å². The van der Waals surface area contributed by atoms with Crippen LogP contribution in [0.4, 0.5) is 24.5 Å². The van der Waals surface area contributed by atoms with E-state index in [2.05, 4.69) is 16.2 Å². The smallest absolute Gasteiger partial charge is 0.396 e. The molecule has 1 aromatic carbocycles. The van der Waals surface area contributed by atoms with Gasteiger partial charge in [-0.15, -0.1) is 0 Å². The molecule has 8 nitrogen and oxygen atoms in total. The standard InChI is InChI=1S/C18H24F3N5O3/c1-2-4-14-16(17(29)22-9-3-10-27)24-25-26(14)13-7-5-12(6-8-13)23-15(28)11-18(19,20)21/h5-8,24-25,27H,2-4,9-11H2,1H3,(H,22,29)(H,23,28)/p+1. The molecule has 0 bridgehead atoms. The normalized spacial score (nSPS) is 14.3. The third kappa shape index (κ3) is 6.73. The number of benzene rings is 1. The Bertz CT molecular complexity index is 750. The lowest BCUT2D eigenvalue weighted by atomic mass is 10.1. The van der Waals surface area contributed by atoms with Gasteiger partial charge in [0.15, 0.2) is 0 Å². The number of quaternary nitrogens is 1. The fraction of sp³-hybridized carbons (Fsp3) is 0.444. The van der Waals surface area contributed by atoms with Crippen LogP contribution in [-0.2, 0) is 9.59 Å². The van der Waals surface area contributed by atoms with Crippen molar-refractivity contribution in [2.75, 3.05) is 23.5 Å². The summed E-state index contributed by atoms with van der Waals surface area (Å²) < 4.78 is 36.8. The topological polar surface area (TPSA) is 110 Å². The first kappa shape index (κ1) is 22.7. The van der Waals surface area contributed by atoms with Gasteiger partial charge in [-0.05, 0) is 37.1 Å². The quantitative estimate of drug-likeness (QED) is 0.303. The third-order valence-electron chi connectivity index (χ3n) is 4.04. The predicted octanol–water partition coefficient (Wildman–Crippen LogP) is 0.891. The first-order chi connectivity index (χ1) is 13.7. The Morgan fingerprint density at radius 1 is 1.24 bits per heavy atom. The maximum atomic E-state index is 12.4. The van der Waals surface area contributed by atoms with Gasteiger partial charge in [-0.2, -0.15) is 13.2 Å². The number of anilines is 2. The van der Waals surface area contributed by atoms with Gasteiger partial charge in [0.25, 0.3) is 0 Å². The van der Waals surface area contributed by atoms with E-state index in [1.807, 2.05) is 6.92 Å². The molecule has 160 valence electrons. The summed E-state index contributed by atoms with van der Waals surface area (Å²) in [4.78, 5) is 23.8. The molecular formula is C18H25F3N5O3+. The largest absolute Gasteiger partial charge is 0.397 e. The molecule has 2 rings (SSSR count). The minimum absolute atomic E-state index is 0.0128. The van der Waals surface area contributed by atoms with Crippen molar-refractivity contribution in [3.8, 4) is 0 Å². The number of aliphatic hydroxyl groups excluding tert-OH is 1. The summed E-state index contributed by atoms with van der Waals surface area (Å²) in [6.07, 6.45) is -4.24. The molecule has 2 amide bonds. The zero-order chi connectivity index (χ0) is 21.4. The SMILES string of the molecule is CCCC1=C(C(=O)NCCCO)[NH2+]NN1c1ccc(NC(=O)CC(F)(F)F)cc1. The van der Waals surface area contributed by atoms with Gasteiger partial charge in [0.05, 0.1) is 5.69 Å². The second-order valence-corrected chi connectivity index (χ2v) is 6.44. The number of nitrogens with one attached hydrogen (secondary N) is 3. The van der Waals surface area contributed by atoms with Crippen LogP contribution in [-0.4, -0.2) is 36.2 Å². The van der Waals surface area contributed by atoms with Crippen LogP contribution in [0.1, 0.15) is 32.6 Å². The molecular weight excluding hydrogens is 391 g/mol. The van der Waals surface area contributed by atoms with Crippen LogP contribution in [0.3, 0.4) is 0 Å². The van der Waals surface area contributed by atoms with E-state index in [0.717, 1.165) is 12.1 Å². The highest BCUT2D eigenvalue weighted by atomic mass is 19.4. The van der Waals surface area contributed by atoms with Crippen molar-refractivity contribution in [3.63, 3.8) is 0 Å². The molecule has 29 heavy (non-hydrogen) atoms. The number of carbonyl (C=O) groups is 2. The van der Waals surface area contributed by atoms with Gasteiger partial charge in [0.2, 0.25) is 11.6 Å². The van der Waals surface area contributed by atoms with Crippen molar-refractivity contribution in [1.29, 1.82) is 0 Å². The molecule has 11 heteroatoms. The van der Waals surface area contributed by atoms with Crippen LogP contribution in [0.2, 0.25) is 0 Å². The molecule has 1 aromatic rings. The average molecular weight is 416 g/mol. The fourth-order valence-corrected chi connectivity index (χ4v) is 2.78. The van der Waals surface area contributed by atoms with Crippen molar-refractivity contribution in [2.24, 2.45) is 0 Å². The van der Waals surface area contributed by atoms with Gasteiger partial charge in [0.1, 0.15) is 12.1 Å². The minimum Gasteiger partial charge on any atom is -0.396 e. The molecule has 1 aliphatic rings. The van der Waals surface area contributed by atoms with Gasteiger partial charge in [-0.25, -0.2) is 10.4 Å². The maximum absolute atomic E-state index is 12.4. The number of hydrogen-bond acceptors (Lipinski definition) is 5. The van der Waals surface area contributed by atoms with E-state index in [-0.39, 0.29) is 18.2 Å². The zero-order valence-corrected chi connectivity index (χ0v) is 16.0. The Morgan fingerprint density at radius 2 is 1.93 bits per heavy atom. The Morgan fingerprint density at radius 3 is 2.52 bits per heavy atom. The van der Waals surface area contributed by atoms with Crippen molar-refractivity contribution < 1.29 is 33.3 Å². The van der Waals surface area contributed by atoms with Crippen molar-refractivity contribution >= 4 is 23.2 Å². The van der Waals surface area contributed by atoms with E-state index in [0.29, 0.717) is 30.8 Å². The first-order valence-corrected chi connectivity index (χ1v) is 9.23. The molecule has 0 spiro atoms. The van der Waals surface area contributed by atoms with E-state index in [1.54, 1.807) is 22.6 Å². The Kier molecular flexibility index (Phi) is 8.00. The molecule has 1 heterocycles. The van der Waals surface area contributed by atoms with Crippen LogP contribution >= 0.6 is 0 Å². The van der Waals surface area contributed by atoms with Crippen LogP contribution in [0.15, 0.2) is 35.7 Å². The van der Waals surface area contributed by atoms with Gasteiger partial charge >= 0.3 is 12.1 Å². The summed E-state index contributed by atoms with van der Waals surface area (Å²) in [7, 11) is 0. The molecule has 0 fully saturated rings. The lowest BCUT2D eigenvalue weighted by molar-refractivity contribution is -0.652. The molecule has 0 aromatic heterocycles. The monoisotopic (exact) mass is 416 g/mol. The van der Waals surface area contributed by atoms with Crippen molar-refractivity contribution in [1.82, 2.24) is 10.9 Å². The van der Waals surface area contributed by atoms with Crippen LogP contribution in [0.5, 0.6) is 0 Å². The fourth-order valence-electron chi connectivity index (χ4n) is 2.78. The number of hydrogen-bond donors (Lipinski definition) is 5. The third-order valence-corrected chi connectivity index (χ3v) is 4.04. The van der Waals surface area contributed by atoms with Gasteiger partial charge in [0, 0.05) is 18.8 Å². The zero-order valence-electron chi connectivity index (χ0n) is 16.0. The molecule has 0 radical (unpaired) electrons. The van der Waals surface area contributed by atoms with Crippen LogP contribution in [0, 0.1) is 0 Å². The molecule has 0 aliphatic carbocycles. The Labute approximate surface area is 166 Å². The number of nitrogens with zero attached hydrogens (tertiary/aromatic N) is 1. The summed E-state index contributed by atoms with van der Waals surface area (Å²) in [6, 6.07) is 6.25. The van der Waals surface area contributed by atoms with Gasteiger partial charge in [-0.1, -0.05) is 18.9 Å². The Hall–Kier alpha value is -2.63. The summed E-state index contributed by atoms with van der Waals surface area (Å²) in [5.74, 6) is -1.39. The van der Waals surface area contributed by atoms with Crippen molar-refractivity contribution in [2.45, 2.75) is 38.8 Å². The Balaban J connectivity index is 2.10. The molecule has 0 saturated carbocycles. The number of amides is 2.